The zero-order chi connectivity index (χ0) is 13.1. The Hall–Kier alpha value is -1.58. The van der Waals surface area contributed by atoms with Crippen LogP contribution in [0.5, 0.6) is 0 Å². The van der Waals surface area contributed by atoms with Crippen molar-refractivity contribution in [3.63, 3.8) is 0 Å². The molecule has 2 heterocycles. The first-order chi connectivity index (χ1) is 9.40. The van der Waals surface area contributed by atoms with E-state index < -0.39 is 0 Å². The van der Waals surface area contributed by atoms with Crippen molar-refractivity contribution in [1.29, 1.82) is 0 Å². The first-order valence-corrected chi connectivity index (χ1v) is 6.87. The van der Waals surface area contributed by atoms with Gasteiger partial charge in [-0.15, -0.1) is 0 Å². The largest absolute Gasteiger partial charge is 0.383 e. The molecule has 1 aromatic heterocycles. The minimum absolute atomic E-state index is 0.749. The number of aromatic nitrogens is 1. The molecule has 0 radical (unpaired) electrons. The van der Waals surface area contributed by atoms with E-state index in [0.29, 0.717) is 0 Å². The third kappa shape index (κ3) is 2.44. The van der Waals surface area contributed by atoms with Crippen LogP contribution in [-0.2, 0) is 11.3 Å². The Labute approximate surface area is 113 Å². The van der Waals surface area contributed by atoms with E-state index in [0.717, 1.165) is 32.7 Å². The van der Waals surface area contributed by atoms with Crippen molar-refractivity contribution in [1.82, 2.24) is 9.88 Å². The van der Waals surface area contributed by atoms with E-state index in [4.69, 9.17) is 4.74 Å². The third-order valence-electron chi connectivity index (χ3n) is 3.73. The van der Waals surface area contributed by atoms with Gasteiger partial charge in [0.05, 0.1) is 6.61 Å². The van der Waals surface area contributed by atoms with Crippen LogP contribution in [0.4, 0.5) is 0 Å². The molecule has 1 aromatic carbocycles. The molecule has 2 aromatic rings. The molecule has 3 nitrogen and oxygen atoms in total. The fourth-order valence-corrected chi connectivity index (χ4v) is 2.74. The Kier molecular flexibility index (Phi) is 3.67. The maximum absolute atomic E-state index is 5.20. The zero-order valence-corrected chi connectivity index (χ0v) is 11.4. The molecule has 19 heavy (non-hydrogen) atoms. The van der Waals surface area contributed by atoms with Crippen LogP contribution in [0.25, 0.3) is 16.5 Å². The molecule has 0 fully saturated rings. The van der Waals surface area contributed by atoms with Crippen LogP contribution < -0.4 is 5.32 Å². The van der Waals surface area contributed by atoms with Crippen LogP contribution in [0.15, 0.2) is 36.5 Å². The number of rotatable bonds is 4. The maximum Gasteiger partial charge on any atom is 0.0641 e. The van der Waals surface area contributed by atoms with Gasteiger partial charge in [0, 0.05) is 42.9 Å². The number of hydrogen-bond donors (Lipinski definition) is 1. The first kappa shape index (κ1) is 12.5. The molecule has 0 unspecified atom stereocenters. The summed E-state index contributed by atoms with van der Waals surface area (Å²) in [5, 5.41) is 4.72. The molecule has 3 rings (SSSR count). The van der Waals surface area contributed by atoms with Gasteiger partial charge in [-0.1, -0.05) is 24.3 Å². The van der Waals surface area contributed by atoms with Gasteiger partial charge in [-0.05, 0) is 24.6 Å². The Balaban J connectivity index is 2.06. The molecule has 0 spiro atoms. The summed E-state index contributed by atoms with van der Waals surface area (Å²) in [4.78, 5) is 0. The van der Waals surface area contributed by atoms with Gasteiger partial charge in [0.15, 0.2) is 0 Å². The molecule has 0 bridgehead atoms. The van der Waals surface area contributed by atoms with E-state index in [1.165, 1.54) is 22.0 Å². The lowest BCUT2D eigenvalue weighted by Crippen LogP contribution is -2.19. The van der Waals surface area contributed by atoms with Gasteiger partial charge in [0.2, 0.25) is 0 Å². The van der Waals surface area contributed by atoms with E-state index in [-0.39, 0.29) is 0 Å². The summed E-state index contributed by atoms with van der Waals surface area (Å²) in [5.74, 6) is 0. The van der Waals surface area contributed by atoms with Gasteiger partial charge in [0.1, 0.15) is 0 Å². The zero-order valence-electron chi connectivity index (χ0n) is 11.4. The van der Waals surface area contributed by atoms with Crippen LogP contribution in [0.1, 0.15) is 12.0 Å². The predicted octanol–water partition coefficient (Wildman–Crippen LogP) is 2.66. The van der Waals surface area contributed by atoms with Gasteiger partial charge in [-0.2, -0.15) is 0 Å². The SMILES string of the molecule is COCCn1cc(C2=CCNCC2)c2ccccc21. The molecule has 0 aliphatic carbocycles. The Bertz CT molecular complexity index is 598. The highest BCUT2D eigenvalue weighted by Gasteiger charge is 2.13. The van der Waals surface area contributed by atoms with Crippen molar-refractivity contribution in [2.24, 2.45) is 0 Å². The molecule has 0 saturated carbocycles. The highest BCUT2D eigenvalue weighted by molar-refractivity contribution is 5.93. The number of ether oxygens (including phenoxy) is 1. The molecular formula is C16H20N2O. The number of methoxy groups -OCH3 is 1. The van der Waals surface area contributed by atoms with Crippen molar-refractivity contribution < 1.29 is 4.74 Å². The van der Waals surface area contributed by atoms with Crippen molar-refractivity contribution in [3.05, 3.63) is 42.1 Å². The quantitative estimate of drug-likeness (QED) is 0.910. The number of hydrogen-bond acceptors (Lipinski definition) is 2. The molecule has 1 N–H and O–H groups in total. The van der Waals surface area contributed by atoms with Crippen molar-refractivity contribution in [2.45, 2.75) is 13.0 Å². The third-order valence-corrected chi connectivity index (χ3v) is 3.73. The number of nitrogens with one attached hydrogen (secondary N) is 1. The minimum atomic E-state index is 0.749. The molecule has 1 aliphatic rings. The predicted molar refractivity (Wildman–Crippen MR) is 79.3 cm³/mol. The molecule has 1 aliphatic heterocycles. The lowest BCUT2D eigenvalue weighted by Gasteiger charge is -2.13. The highest BCUT2D eigenvalue weighted by Crippen LogP contribution is 2.29. The van der Waals surface area contributed by atoms with E-state index in [2.05, 4.69) is 46.4 Å². The number of para-hydroxylation sites is 1. The summed E-state index contributed by atoms with van der Waals surface area (Å²) in [6, 6.07) is 8.63. The topological polar surface area (TPSA) is 26.2 Å². The second-order valence-corrected chi connectivity index (χ2v) is 4.93. The summed E-state index contributed by atoms with van der Waals surface area (Å²) in [6.07, 6.45) is 5.70. The Morgan fingerprint density at radius 3 is 3.00 bits per heavy atom. The van der Waals surface area contributed by atoms with Crippen molar-refractivity contribution in [2.75, 3.05) is 26.8 Å². The second kappa shape index (κ2) is 5.59. The van der Waals surface area contributed by atoms with E-state index >= 15 is 0 Å². The summed E-state index contributed by atoms with van der Waals surface area (Å²) < 4.78 is 7.51. The normalized spacial score (nSPS) is 15.7. The summed E-state index contributed by atoms with van der Waals surface area (Å²) in [6.45, 7) is 3.71. The smallest absolute Gasteiger partial charge is 0.0641 e. The molecule has 100 valence electrons. The highest BCUT2D eigenvalue weighted by atomic mass is 16.5. The average molecular weight is 256 g/mol. The van der Waals surface area contributed by atoms with Crippen LogP contribution in [0.2, 0.25) is 0 Å². The molecule has 0 saturated heterocycles. The number of benzene rings is 1. The van der Waals surface area contributed by atoms with Gasteiger partial charge >= 0.3 is 0 Å². The van der Waals surface area contributed by atoms with Crippen LogP contribution in [-0.4, -0.2) is 31.4 Å². The van der Waals surface area contributed by atoms with Crippen LogP contribution in [0, 0.1) is 0 Å². The molecule has 0 atom stereocenters. The summed E-state index contributed by atoms with van der Waals surface area (Å²) in [7, 11) is 1.75. The summed E-state index contributed by atoms with van der Waals surface area (Å²) >= 11 is 0. The van der Waals surface area contributed by atoms with E-state index in [1.807, 2.05) is 0 Å². The number of nitrogens with zero attached hydrogens (tertiary/aromatic N) is 1. The Morgan fingerprint density at radius 1 is 1.32 bits per heavy atom. The number of fused-ring (bicyclic) bond motifs is 1. The summed E-state index contributed by atoms with van der Waals surface area (Å²) in [5.41, 5.74) is 4.15. The van der Waals surface area contributed by atoms with Gasteiger partial charge in [-0.25, -0.2) is 0 Å². The maximum atomic E-state index is 5.20. The molecule has 0 amide bonds. The van der Waals surface area contributed by atoms with Crippen LogP contribution >= 0.6 is 0 Å². The first-order valence-electron chi connectivity index (χ1n) is 6.87. The fourth-order valence-electron chi connectivity index (χ4n) is 2.74. The van der Waals surface area contributed by atoms with Gasteiger partial charge in [-0.3, -0.25) is 0 Å². The monoisotopic (exact) mass is 256 g/mol. The van der Waals surface area contributed by atoms with Crippen molar-refractivity contribution in [3.8, 4) is 0 Å². The van der Waals surface area contributed by atoms with Gasteiger partial charge < -0.3 is 14.6 Å². The standard InChI is InChI=1S/C16H20N2O/c1-19-11-10-18-12-15(13-6-8-17-9-7-13)14-4-2-3-5-16(14)18/h2-6,12,17H,7-11H2,1H3. The molecular weight excluding hydrogens is 236 g/mol. The van der Waals surface area contributed by atoms with E-state index in [1.54, 1.807) is 7.11 Å². The second-order valence-electron chi connectivity index (χ2n) is 4.93. The lowest BCUT2D eigenvalue weighted by atomic mass is 10.00. The minimum Gasteiger partial charge on any atom is -0.383 e. The fraction of sp³-hybridized carbons (Fsp3) is 0.375. The van der Waals surface area contributed by atoms with Crippen molar-refractivity contribution >= 4 is 16.5 Å². The van der Waals surface area contributed by atoms with Gasteiger partial charge in [0.25, 0.3) is 0 Å². The average Bonchev–Trinajstić information content (AvgIpc) is 2.85. The molecule has 3 heteroatoms. The lowest BCUT2D eigenvalue weighted by molar-refractivity contribution is 0.188. The Morgan fingerprint density at radius 2 is 2.21 bits per heavy atom. The van der Waals surface area contributed by atoms with Crippen LogP contribution in [0.3, 0.4) is 0 Å². The van der Waals surface area contributed by atoms with E-state index in [9.17, 15) is 0 Å².